The van der Waals surface area contributed by atoms with E-state index in [-0.39, 0.29) is 27.9 Å². The van der Waals surface area contributed by atoms with E-state index in [1.807, 2.05) is 0 Å². The second-order valence-corrected chi connectivity index (χ2v) is 7.83. The highest BCUT2D eigenvalue weighted by Gasteiger charge is 2.60. The molecule has 1 aliphatic rings. The van der Waals surface area contributed by atoms with E-state index in [0.717, 1.165) is 28.6 Å². The molecule has 0 aromatic carbocycles. The summed E-state index contributed by atoms with van der Waals surface area (Å²) in [5.74, 6) is -0.793. The maximum absolute atomic E-state index is 14.1. The number of rotatable bonds is 2. The van der Waals surface area contributed by atoms with Crippen molar-refractivity contribution in [1.82, 2.24) is 34.6 Å². The highest BCUT2D eigenvalue weighted by molar-refractivity contribution is 6.32. The van der Waals surface area contributed by atoms with Gasteiger partial charge in [-0.05, 0) is 13.0 Å². The summed E-state index contributed by atoms with van der Waals surface area (Å²) in [5, 5.41) is 13.9. The van der Waals surface area contributed by atoms with Crippen molar-refractivity contribution >= 4 is 34.7 Å². The summed E-state index contributed by atoms with van der Waals surface area (Å²) < 4.78 is 56.7. The van der Waals surface area contributed by atoms with Crippen molar-refractivity contribution in [2.45, 2.75) is 18.5 Å². The van der Waals surface area contributed by atoms with Crippen LogP contribution in [-0.2, 0) is 5.41 Å². The van der Waals surface area contributed by atoms with Gasteiger partial charge in [-0.2, -0.15) is 27.8 Å². The maximum Gasteiger partial charge on any atom is 0.401 e. The summed E-state index contributed by atoms with van der Waals surface area (Å²) in [6.07, 6.45) is 0.419. The number of amides is 2. The number of anilines is 2. The minimum atomic E-state index is -4.77. The fourth-order valence-corrected chi connectivity index (χ4v) is 3.90. The minimum absolute atomic E-state index is 0.0985. The molecule has 170 valence electrons. The normalized spacial score (nSPS) is 18.1. The number of nitrogens with one attached hydrogen (secondary N) is 1. The monoisotopic (exact) mass is 481 g/mol. The van der Waals surface area contributed by atoms with Crippen molar-refractivity contribution < 1.29 is 22.4 Å². The van der Waals surface area contributed by atoms with E-state index >= 15 is 0 Å². The van der Waals surface area contributed by atoms with E-state index in [1.54, 1.807) is 0 Å². The fraction of sp³-hybridized carbons (Fsp3) is 0.222. The molecule has 0 aliphatic carbocycles. The summed E-state index contributed by atoms with van der Waals surface area (Å²) >= 11 is 6.18. The Balaban J connectivity index is 1.51. The zero-order chi connectivity index (χ0) is 23.5. The number of carbonyl (C=O) groups is 1. The van der Waals surface area contributed by atoms with Crippen LogP contribution in [0, 0.1) is 5.95 Å². The lowest BCUT2D eigenvalue weighted by atomic mass is 9.88. The Morgan fingerprint density at radius 1 is 1.18 bits per heavy atom. The van der Waals surface area contributed by atoms with E-state index in [0.29, 0.717) is 0 Å². The number of hydrogen-bond donors (Lipinski definition) is 1. The van der Waals surface area contributed by atoms with Gasteiger partial charge >= 0.3 is 12.2 Å². The third kappa shape index (κ3) is 3.25. The summed E-state index contributed by atoms with van der Waals surface area (Å²) in [7, 11) is 0. The molecule has 10 nitrogen and oxygen atoms in total. The van der Waals surface area contributed by atoms with Gasteiger partial charge in [0, 0.05) is 12.6 Å². The summed E-state index contributed by atoms with van der Waals surface area (Å²) in [6, 6.07) is 1.37. The van der Waals surface area contributed by atoms with Gasteiger partial charge in [-0.1, -0.05) is 11.6 Å². The number of alkyl halides is 3. The molecule has 4 aromatic rings. The van der Waals surface area contributed by atoms with Gasteiger partial charge in [0.15, 0.2) is 11.5 Å². The van der Waals surface area contributed by atoms with E-state index in [9.17, 15) is 22.4 Å². The molecule has 1 unspecified atom stereocenters. The van der Waals surface area contributed by atoms with Gasteiger partial charge < -0.3 is 5.32 Å². The predicted octanol–water partition coefficient (Wildman–Crippen LogP) is 3.37. The van der Waals surface area contributed by atoms with Crippen LogP contribution >= 0.6 is 11.6 Å². The Hall–Kier alpha value is -3.81. The largest absolute Gasteiger partial charge is 0.401 e. The van der Waals surface area contributed by atoms with Gasteiger partial charge in [0.1, 0.15) is 5.41 Å². The van der Waals surface area contributed by atoms with Crippen molar-refractivity contribution in [3.8, 4) is 5.82 Å². The smallest absolute Gasteiger partial charge is 0.306 e. The van der Waals surface area contributed by atoms with Crippen LogP contribution in [0.15, 0.2) is 36.9 Å². The third-order valence-corrected chi connectivity index (χ3v) is 5.55. The number of carbonyl (C=O) groups excluding carboxylic acids is 1. The molecule has 5 heterocycles. The first-order chi connectivity index (χ1) is 15.6. The number of halogens is 5. The van der Waals surface area contributed by atoms with E-state index in [1.165, 1.54) is 29.5 Å². The zero-order valence-electron chi connectivity index (χ0n) is 16.5. The lowest BCUT2D eigenvalue weighted by Crippen LogP contribution is -2.46. The Bertz CT molecular complexity index is 1390. The first-order valence-electron chi connectivity index (χ1n) is 9.31. The van der Waals surface area contributed by atoms with Crippen LogP contribution in [0.5, 0.6) is 0 Å². The summed E-state index contributed by atoms with van der Waals surface area (Å²) in [6.45, 7) is 0.152. The molecule has 0 bridgehead atoms. The molecule has 15 heteroatoms. The maximum atomic E-state index is 14.1. The molecule has 1 N–H and O–H groups in total. The first kappa shape index (κ1) is 21.1. The second-order valence-electron chi connectivity index (χ2n) is 7.42. The van der Waals surface area contributed by atoms with Crippen LogP contribution < -0.4 is 10.2 Å². The minimum Gasteiger partial charge on any atom is -0.306 e. The zero-order valence-corrected chi connectivity index (χ0v) is 17.3. The van der Waals surface area contributed by atoms with Crippen LogP contribution in [0.4, 0.5) is 33.7 Å². The van der Waals surface area contributed by atoms with Gasteiger partial charge in [-0.25, -0.2) is 19.3 Å². The van der Waals surface area contributed by atoms with Crippen molar-refractivity contribution in [3.63, 3.8) is 0 Å². The predicted molar refractivity (Wildman–Crippen MR) is 107 cm³/mol. The van der Waals surface area contributed by atoms with Gasteiger partial charge in [-0.15, -0.1) is 9.90 Å². The Morgan fingerprint density at radius 2 is 1.91 bits per heavy atom. The molecular formula is C18H12ClF4N9O. The van der Waals surface area contributed by atoms with Crippen LogP contribution in [0.2, 0.25) is 5.02 Å². The van der Waals surface area contributed by atoms with E-state index in [2.05, 4.69) is 30.6 Å². The number of nitrogens with zero attached hydrogens (tertiary/aromatic N) is 8. The van der Waals surface area contributed by atoms with Crippen LogP contribution in [-0.4, -0.2) is 53.3 Å². The molecule has 1 aliphatic heterocycles. The lowest BCUT2D eigenvalue weighted by molar-refractivity contribution is -0.181. The lowest BCUT2D eigenvalue weighted by Gasteiger charge is -2.28. The molecule has 33 heavy (non-hydrogen) atoms. The van der Waals surface area contributed by atoms with Gasteiger partial charge in [0.25, 0.3) is 0 Å². The highest BCUT2D eigenvalue weighted by Crippen LogP contribution is 2.49. The Kier molecular flexibility index (Phi) is 4.53. The topological polar surface area (TPSA) is 106 Å². The molecule has 4 aromatic heterocycles. The van der Waals surface area contributed by atoms with Gasteiger partial charge in [0.2, 0.25) is 5.95 Å². The SMILES string of the molecule is CC1(C(F)(F)F)CN(C(=O)Nc2cnc(-n3nccn3)c(Cl)c2)c2cnc3cc(F)nn3c21. The molecule has 0 saturated carbocycles. The molecule has 0 fully saturated rings. The average Bonchev–Trinajstić information content (AvgIpc) is 3.45. The molecule has 1 atom stereocenters. The summed E-state index contributed by atoms with van der Waals surface area (Å²) in [5.41, 5.74) is -3.05. The summed E-state index contributed by atoms with van der Waals surface area (Å²) in [4.78, 5) is 23.0. The van der Waals surface area contributed by atoms with Crippen LogP contribution in [0.25, 0.3) is 11.5 Å². The Labute approximate surface area is 186 Å². The quantitative estimate of drug-likeness (QED) is 0.440. The second kappa shape index (κ2) is 7.10. The van der Waals surface area contributed by atoms with Crippen molar-refractivity contribution in [3.05, 3.63) is 53.6 Å². The number of hydrogen-bond acceptors (Lipinski definition) is 6. The fourth-order valence-electron chi connectivity index (χ4n) is 3.65. The third-order valence-electron chi connectivity index (χ3n) is 5.27. The van der Waals surface area contributed by atoms with E-state index in [4.69, 9.17) is 11.6 Å². The molecule has 0 radical (unpaired) electrons. The standard InChI is InChI=1S/C18H12ClF4N9O/c1-17(18(21,22)23)8-30(11-7-24-13-5-12(20)29-31(13)14(11)17)16(33)28-9-4-10(19)15(25-6-9)32-26-2-3-27-32/h2-7H,8H2,1H3,(H,28,33). The van der Waals surface area contributed by atoms with Crippen molar-refractivity contribution in [2.24, 2.45) is 0 Å². The van der Waals surface area contributed by atoms with Crippen molar-refractivity contribution in [2.75, 3.05) is 16.8 Å². The number of fused-ring (bicyclic) bond motifs is 3. The highest BCUT2D eigenvalue weighted by atomic mass is 35.5. The van der Waals surface area contributed by atoms with Gasteiger partial charge in [0.05, 0.1) is 46.9 Å². The molecule has 5 rings (SSSR count). The molecular weight excluding hydrogens is 470 g/mol. The van der Waals surface area contributed by atoms with Crippen LogP contribution in [0.3, 0.4) is 0 Å². The molecule has 0 saturated heterocycles. The van der Waals surface area contributed by atoms with Crippen LogP contribution in [0.1, 0.15) is 12.6 Å². The molecule has 0 spiro atoms. The Morgan fingerprint density at radius 3 is 2.58 bits per heavy atom. The van der Waals surface area contributed by atoms with Gasteiger partial charge in [-0.3, -0.25) is 4.90 Å². The van der Waals surface area contributed by atoms with E-state index < -0.39 is 35.8 Å². The first-order valence-corrected chi connectivity index (χ1v) is 9.68. The number of aromatic nitrogens is 7. The number of pyridine rings is 1. The van der Waals surface area contributed by atoms with Crippen molar-refractivity contribution in [1.29, 1.82) is 0 Å². The number of urea groups is 1. The molecule has 2 amide bonds. The average molecular weight is 482 g/mol.